The van der Waals surface area contributed by atoms with Crippen LogP contribution in [0.15, 0.2) is 48.5 Å². The van der Waals surface area contributed by atoms with Gasteiger partial charge in [0.1, 0.15) is 17.5 Å². The summed E-state index contributed by atoms with van der Waals surface area (Å²) in [5, 5.41) is 2.75. The van der Waals surface area contributed by atoms with Gasteiger partial charge in [0.15, 0.2) is 0 Å². The van der Waals surface area contributed by atoms with E-state index >= 15 is 0 Å². The van der Waals surface area contributed by atoms with E-state index < -0.39 is 22.0 Å². The van der Waals surface area contributed by atoms with Crippen LogP contribution in [0.3, 0.4) is 0 Å². The van der Waals surface area contributed by atoms with Crippen LogP contribution in [0.5, 0.6) is 11.5 Å². The maximum atomic E-state index is 12.8. The van der Waals surface area contributed by atoms with Crippen molar-refractivity contribution < 1.29 is 22.7 Å². The van der Waals surface area contributed by atoms with Gasteiger partial charge in [-0.05, 0) is 45.0 Å². The molecule has 1 atom stereocenters. The van der Waals surface area contributed by atoms with Crippen LogP contribution in [0.1, 0.15) is 20.8 Å². The van der Waals surface area contributed by atoms with E-state index in [4.69, 9.17) is 9.47 Å². The molecule has 0 aliphatic rings. The van der Waals surface area contributed by atoms with Crippen molar-refractivity contribution in [1.82, 2.24) is 0 Å². The number of ether oxygens (including phenoxy) is 2. The van der Waals surface area contributed by atoms with Crippen molar-refractivity contribution in [2.75, 3.05) is 23.0 Å². The van der Waals surface area contributed by atoms with Crippen molar-refractivity contribution in [1.29, 1.82) is 0 Å². The van der Waals surface area contributed by atoms with Crippen molar-refractivity contribution in [2.24, 2.45) is 0 Å². The number of hydrogen-bond donors (Lipinski definition) is 1. The molecule has 0 saturated carbocycles. The monoisotopic (exact) mass is 406 g/mol. The fourth-order valence-electron chi connectivity index (χ4n) is 2.72. The quantitative estimate of drug-likeness (QED) is 0.727. The number of carbonyl (C=O) groups excluding carboxylic acids is 1. The molecule has 0 aromatic heterocycles. The van der Waals surface area contributed by atoms with Crippen molar-refractivity contribution in [3.63, 3.8) is 0 Å². The number of rotatable bonds is 8. The Kier molecular flexibility index (Phi) is 6.90. The predicted molar refractivity (Wildman–Crippen MR) is 111 cm³/mol. The van der Waals surface area contributed by atoms with Gasteiger partial charge in [-0.3, -0.25) is 9.10 Å². The normalized spacial score (nSPS) is 12.4. The summed E-state index contributed by atoms with van der Waals surface area (Å²) in [5.41, 5.74) is 0.871. The van der Waals surface area contributed by atoms with Crippen molar-refractivity contribution >= 4 is 27.3 Å². The number of hydrogen-bond acceptors (Lipinski definition) is 5. The highest BCUT2D eigenvalue weighted by Gasteiger charge is 2.29. The molecule has 0 unspecified atom stereocenters. The minimum absolute atomic E-state index is 0.00124. The maximum absolute atomic E-state index is 12.8. The fraction of sp³-hybridized carbons (Fsp3) is 0.350. The molecular weight excluding hydrogens is 380 g/mol. The second-order valence-electron chi connectivity index (χ2n) is 6.62. The minimum atomic E-state index is -3.71. The number of carbonyl (C=O) groups is 1. The molecule has 0 aliphatic carbocycles. The van der Waals surface area contributed by atoms with E-state index in [1.165, 1.54) is 14.0 Å². The lowest BCUT2D eigenvalue weighted by Crippen LogP contribution is -2.45. The van der Waals surface area contributed by atoms with Crippen LogP contribution in [0.2, 0.25) is 0 Å². The standard InChI is InChI=1S/C20H26N2O5S/c1-14(2)27-19-11-6-8-16(12-19)21-20(23)15(3)22(28(5,24)25)17-9-7-10-18(13-17)26-4/h6-15H,1-5H3,(H,21,23)/t15-/m0/s1. The molecule has 1 N–H and O–H groups in total. The summed E-state index contributed by atoms with van der Waals surface area (Å²) >= 11 is 0. The van der Waals surface area contributed by atoms with Crippen LogP contribution in [-0.4, -0.2) is 39.8 Å². The van der Waals surface area contributed by atoms with Crippen molar-refractivity contribution in [2.45, 2.75) is 32.9 Å². The Balaban J connectivity index is 2.27. The molecule has 0 saturated heterocycles. The number of nitrogens with one attached hydrogen (secondary N) is 1. The molecule has 1 amide bonds. The van der Waals surface area contributed by atoms with Gasteiger partial charge in [-0.25, -0.2) is 8.42 Å². The minimum Gasteiger partial charge on any atom is -0.497 e. The first kappa shape index (κ1) is 21.6. The van der Waals surface area contributed by atoms with Crippen LogP contribution >= 0.6 is 0 Å². The highest BCUT2D eigenvalue weighted by Crippen LogP contribution is 2.26. The Hall–Kier alpha value is -2.74. The van der Waals surface area contributed by atoms with E-state index in [2.05, 4.69) is 5.32 Å². The summed E-state index contributed by atoms with van der Waals surface area (Å²) in [6, 6.07) is 12.5. The van der Waals surface area contributed by atoms with Gasteiger partial charge in [-0.1, -0.05) is 12.1 Å². The Morgan fingerprint density at radius 3 is 2.29 bits per heavy atom. The summed E-state index contributed by atoms with van der Waals surface area (Å²) in [6.07, 6.45) is 1.06. The molecule has 0 fully saturated rings. The second-order valence-corrected chi connectivity index (χ2v) is 8.48. The Labute approximate surface area is 166 Å². The van der Waals surface area contributed by atoms with E-state index in [1.54, 1.807) is 48.5 Å². The topological polar surface area (TPSA) is 84.9 Å². The van der Waals surface area contributed by atoms with Gasteiger partial charge >= 0.3 is 0 Å². The third-order valence-corrected chi connectivity index (χ3v) is 5.11. The molecule has 7 nitrogen and oxygen atoms in total. The third-order valence-electron chi connectivity index (χ3n) is 3.87. The van der Waals surface area contributed by atoms with Crippen molar-refractivity contribution in [3.05, 3.63) is 48.5 Å². The summed E-state index contributed by atoms with van der Waals surface area (Å²) < 4.78 is 36.6. The van der Waals surface area contributed by atoms with Crippen LogP contribution in [0.25, 0.3) is 0 Å². The number of methoxy groups -OCH3 is 1. The number of nitrogens with zero attached hydrogens (tertiary/aromatic N) is 1. The smallest absolute Gasteiger partial charge is 0.247 e. The maximum Gasteiger partial charge on any atom is 0.247 e. The molecule has 8 heteroatoms. The number of benzene rings is 2. The van der Waals surface area contributed by atoms with Crippen molar-refractivity contribution in [3.8, 4) is 11.5 Å². The van der Waals surface area contributed by atoms with E-state index in [0.29, 0.717) is 22.9 Å². The van der Waals surface area contributed by atoms with E-state index in [9.17, 15) is 13.2 Å². The molecule has 152 valence electrons. The van der Waals surface area contributed by atoms with Gasteiger partial charge in [0.05, 0.1) is 25.2 Å². The zero-order chi connectivity index (χ0) is 20.9. The van der Waals surface area contributed by atoms with Crippen LogP contribution in [0, 0.1) is 0 Å². The van der Waals surface area contributed by atoms with Gasteiger partial charge < -0.3 is 14.8 Å². The average molecular weight is 407 g/mol. The number of anilines is 2. The second kappa shape index (κ2) is 8.97. The van der Waals surface area contributed by atoms with Gasteiger partial charge in [0.25, 0.3) is 0 Å². The molecule has 0 spiro atoms. The van der Waals surface area contributed by atoms with Gasteiger partial charge in [-0.2, -0.15) is 0 Å². The van der Waals surface area contributed by atoms with Gasteiger partial charge in [0, 0.05) is 17.8 Å². The first-order chi connectivity index (χ1) is 13.1. The molecule has 2 aromatic carbocycles. The van der Waals surface area contributed by atoms with Crippen LogP contribution in [0.4, 0.5) is 11.4 Å². The van der Waals surface area contributed by atoms with E-state index in [0.717, 1.165) is 10.6 Å². The molecule has 0 aliphatic heterocycles. The SMILES string of the molecule is COc1cccc(N([C@@H](C)C(=O)Nc2cccc(OC(C)C)c2)S(C)(=O)=O)c1. The largest absolute Gasteiger partial charge is 0.497 e. The molecule has 2 rings (SSSR count). The van der Waals surface area contributed by atoms with Crippen LogP contribution < -0.4 is 19.1 Å². The molecular formula is C20H26N2O5S. The highest BCUT2D eigenvalue weighted by atomic mass is 32.2. The number of sulfonamides is 1. The Morgan fingerprint density at radius 2 is 1.68 bits per heavy atom. The average Bonchev–Trinajstić information content (AvgIpc) is 2.60. The zero-order valence-electron chi connectivity index (χ0n) is 16.7. The number of amides is 1. The molecule has 0 bridgehead atoms. The van der Waals surface area contributed by atoms with Gasteiger partial charge in [-0.15, -0.1) is 0 Å². The predicted octanol–water partition coefficient (Wildman–Crippen LogP) is 3.28. The molecule has 0 heterocycles. The Bertz CT molecular complexity index is 928. The summed E-state index contributed by atoms with van der Waals surface area (Å²) in [7, 11) is -2.22. The zero-order valence-corrected chi connectivity index (χ0v) is 17.5. The molecule has 0 radical (unpaired) electrons. The molecule has 2 aromatic rings. The summed E-state index contributed by atoms with van der Waals surface area (Å²) in [4.78, 5) is 12.8. The lowest BCUT2D eigenvalue weighted by molar-refractivity contribution is -0.116. The lowest BCUT2D eigenvalue weighted by atomic mass is 10.2. The van der Waals surface area contributed by atoms with Gasteiger partial charge in [0.2, 0.25) is 15.9 Å². The third kappa shape index (κ3) is 5.63. The van der Waals surface area contributed by atoms with Crippen LogP contribution in [-0.2, 0) is 14.8 Å². The fourth-order valence-corrected chi connectivity index (χ4v) is 3.89. The highest BCUT2D eigenvalue weighted by molar-refractivity contribution is 7.92. The van der Waals surface area contributed by atoms with E-state index in [-0.39, 0.29) is 6.10 Å². The first-order valence-electron chi connectivity index (χ1n) is 8.83. The van der Waals surface area contributed by atoms with E-state index in [1.807, 2.05) is 13.8 Å². The Morgan fingerprint density at radius 1 is 1.04 bits per heavy atom. The summed E-state index contributed by atoms with van der Waals surface area (Å²) in [6.45, 7) is 5.35. The first-order valence-corrected chi connectivity index (χ1v) is 10.7. The molecule has 28 heavy (non-hydrogen) atoms. The summed E-state index contributed by atoms with van der Waals surface area (Å²) in [5.74, 6) is 0.653. The lowest BCUT2D eigenvalue weighted by Gasteiger charge is -2.28.